The van der Waals surface area contributed by atoms with E-state index in [1.807, 2.05) is 19.2 Å². The molecule has 0 bridgehead atoms. The highest BCUT2D eigenvalue weighted by Crippen LogP contribution is 2.24. The number of hydrogen-bond acceptors (Lipinski definition) is 3. The molecule has 0 saturated heterocycles. The molecule has 0 aromatic heterocycles. The Morgan fingerprint density at radius 2 is 2.07 bits per heavy atom. The summed E-state index contributed by atoms with van der Waals surface area (Å²) in [7, 11) is 0. The van der Waals surface area contributed by atoms with Crippen LogP contribution in [0.4, 0.5) is 0 Å². The first-order valence-electron chi connectivity index (χ1n) is 4.59. The standard InChI is InChI=1S/C11H15NO2/c1-2-6-12-7-5-9-3-4-10(13)11(14)8-9/h2-4,6,8,12-14H,5,7H2,1H3. The van der Waals surface area contributed by atoms with Crippen LogP contribution in [0.2, 0.25) is 0 Å². The summed E-state index contributed by atoms with van der Waals surface area (Å²) in [6.45, 7) is 2.76. The summed E-state index contributed by atoms with van der Waals surface area (Å²) in [6, 6.07) is 4.87. The van der Waals surface area contributed by atoms with Crippen LogP contribution in [-0.4, -0.2) is 16.8 Å². The second-order valence-electron chi connectivity index (χ2n) is 3.03. The molecule has 1 aromatic carbocycles. The third-order valence-corrected chi connectivity index (χ3v) is 1.88. The van der Waals surface area contributed by atoms with E-state index in [-0.39, 0.29) is 11.5 Å². The van der Waals surface area contributed by atoms with Crippen molar-refractivity contribution in [1.82, 2.24) is 5.32 Å². The highest BCUT2D eigenvalue weighted by molar-refractivity contribution is 5.40. The molecule has 3 N–H and O–H groups in total. The van der Waals surface area contributed by atoms with Crippen LogP contribution in [0.3, 0.4) is 0 Å². The maximum atomic E-state index is 9.22. The normalized spacial score (nSPS) is 10.6. The Labute approximate surface area is 83.7 Å². The van der Waals surface area contributed by atoms with Gasteiger partial charge in [-0.25, -0.2) is 0 Å². The topological polar surface area (TPSA) is 52.5 Å². The van der Waals surface area contributed by atoms with E-state index in [4.69, 9.17) is 5.11 Å². The fraction of sp³-hybridized carbons (Fsp3) is 0.273. The molecule has 3 nitrogen and oxygen atoms in total. The predicted octanol–water partition coefficient (Wildman–Crippen LogP) is 1.76. The maximum absolute atomic E-state index is 9.22. The number of nitrogens with one attached hydrogen (secondary N) is 1. The minimum absolute atomic E-state index is 0.0615. The Morgan fingerprint density at radius 1 is 1.29 bits per heavy atom. The minimum atomic E-state index is -0.0739. The van der Waals surface area contributed by atoms with Crippen LogP contribution in [0, 0.1) is 0 Å². The molecule has 0 heterocycles. The van der Waals surface area contributed by atoms with Crippen LogP contribution in [0.15, 0.2) is 30.5 Å². The summed E-state index contributed by atoms with van der Waals surface area (Å²) in [5.41, 5.74) is 0.998. The summed E-state index contributed by atoms with van der Waals surface area (Å²) in [6.07, 6.45) is 4.62. The fourth-order valence-corrected chi connectivity index (χ4v) is 1.14. The van der Waals surface area contributed by atoms with E-state index in [0.717, 1.165) is 18.5 Å². The van der Waals surface area contributed by atoms with E-state index in [2.05, 4.69) is 5.32 Å². The smallest absolute Gasteiger partial charge is 0.157 e. The molecule has 0 saturated carbocycles. The fourth-order valence-electron chi connectivity index (χ4n) is 1.14. The first-order chi connectivity index (χ1) is 6.74. The van der Waals surface area contributed by atoms with E-state index >= 15 is 0 Å². The van der Waals surface area contributed by atoms with E-state index < -0.39 is 0 Å². The Balaban J connectivity index is 2.47. The average Bonchev–Trinajstić information content (AvgIpc) is 2.18. The van der Waals surface area contributed by atoms with Crippen molar-refractivity contribution in [2.45, 2.75) is 13.3 Å². The zero-order valence-corrected chi connectivity index (χ0v) is 8.20. The molecule has 0 spiro atoms. The SMILES string of the molecule is CC=CNCCc1ccc(O)c(O)c1. The molecular formula is C11H15NO2. The molecule has 0 aliphatic carbocycles. The van der Waals surface area contributed by atoms with Gasteiger partial charge < -0.3 is 15.5 Å². The summed E-state index contributed by atoms with van der Waals surface area (Å²) >= 11 is 0. The molecule has 0 aliphatic heterocycles. The van der Waals surface area contributed by atoms with Crippen molar-refractivity contribution in [3.63, 3.8) is 0 Å². The summed E-state index contributed by atoms with van der Waals surface area (Å²) in [5, 5.41) is 21.4. The van der Waals surface area contributed by atoms with Crippen molar-refractivity contribution in [2.75, 3.05) is 6.54 Å². The lowest BCUT2D eigenvalue weighted by Gasteiger charge is -2.03. The van der Waals surface area contributed by atoms with E-state index in [0.29, 0.717) is 0 Å². The summed E-state index contributed by atoms with van der Waals surface area (Å²) < 4.78 is 0. The first kappa shape index (κ1) is 10.4. The van der Waals surface area contributed by atoms with Crippen molar-refractivity contribution in [3.8, 4) is 11.5 Å². The van der Waals surface area contributed by atoms with Crippen LogP contribution < -0.4 is 5.32 Å². The van der Waals surface area contributed by atoms with E-state index in [1.165, 1.54) is 6.07 Å². The van der Waals surface area contributed by atoms with Crippen LogP contribution in [0.1, 0.15) is 12.5 Å². The molecule has 0 unspecified atom stereocenters. The van der Waals surface area contributed by atoms with Gasteiger partial charge in [0.05, 0.1) is 0 Å². The van der Waals surface area contributed by atoms with Gasteiger partial charge in [-0.1, -0.05) is 12.1 Å². The van der Waals surface area contributed by atoms with E-state index in [9.17, 15) is 5.11 Å². The Kier molecular flexibility index (Phi) is 3.85. The second kappa shape index (κ2) is 5.17. The number of hydrogen-bond donors (Lipinski definition) is 3. The molecule has 0 radical (unpaired) electrons. The van der Waals surface area contributed by atoms with Gasteiger partial charge in [-0.3, -0.25) is 0 Å². The van der Waals surface area contributed by atoms with Gasteiger partial charge in [0, 0.05) is 6.54 Å². The highest BCUT2D eigenvalue weighted by atomic mass is 16.3. The van der Waals surface area contributed by atoms with E-state index in [1.54, 1.807) is 12.1 Å². The lowest BCUT2D eigenvalue weighted by atomic mass is 10.1. The van der Waals surface area contributed by atoms with Crippen molar-refractivity contribution in [2.24, 2.45) is 0 Å². The zero-order chi connectivity index (χ0) is 10.4. The van der Waals surface area contributed by atoms with Crippen molar-refractivity contribution in [3.05, 3.63) is 36.0 Å². The lowest BCUT2D eigenvalue weighted by molar-refractivity contribution is 0.403. The third-order valence-electron chi connectivity index (χ3n) is 1.88. The second-order valence-corrected chi connectivity index (χ2v) is 3.03. The molecule has 76 valence electrons. The number of phenols is 2. The Hall–Kier alpha value is -1.64. The van der Waals surface area contributed by atoms with Crippen LogP contribution in [0.5, 0.6) is 11.5 Å². The molecule has 0 amide bonds. The lowest BCUT2D eigenvalue weighted by Crippen LogP contribution is -2.09. The average molecular weight is 193 g/mol. The molecule has 1 aromatic rings. The molecule has 3 heteroatoms. The number of aromatic hydroxyl groups is 2. The quantitative estimate of drug-likeness (QED) is 0.504. The third kappa shape index (κ3) is 3.01. The first-order valence-corrected chi connectivity index (χ1v) is 4.59. The van der Waals surface area contributed by atoms with Crippen LogP contribution >= 0.6 is 0 Å². The molecular weight excluding hydrogens is 178 g/mol. The number of rotatable bonds is 4. The van der Waals surface area contributed by atoms with Gasteiger partial charge in [-0.05, 0) is 37.2 Å². The predicted molar refractivity (Wildman–Crippen MR) is 56.3 cm³/mol. The van der Waals surface area contributed by atoms with Gasteiger partial charge in [-0.2, -0.15) is 0 Å². The molecule has 0 aliphatic rings. The largest absolute Gasteiger partial charge is 0.504 e. The van der Waals surface area contributed by atoms with Crippen LogP contribution in [-0.2, 0) is 6.42 Å². The monoisotopic (exact) mass is 193 g/mol. The van der Waals surface area contributed by atoms with Crippen molar-refractivity contribution < 1.29 is 10.2 Å². The van der Waals surface area contributed by atoms with Crippen LogP contribution in [0.25, 0.3) is 0 Å². The summed E-state index contributed by atoms with van der Waals surface area (Å²) in [5.74, 6) is -0.135. The molecule has 1 rings (SSSR count). The highest BCUT2D eigenvalue weighted by Gasteiger charge is 1.99. The van der Waals surface area contributed by atoms with Crippen molar-refractivity contribution >= 4 is 0 Å². The van der Waals surface area contributed by atoms with Gasteiger partial charge in [0.15, 0.2) is 11.5 Å². The number of benzene rings is 1. The molecule has 0 fully saturated rings. The van der Waals surface area contributed by atoms with Gasteiger partial charge in [-0.15, -0.1) is 0 Å². The Morgan fingerprint density at radius 3 is 2.71 bits per heavy atom. The maximum Gasteiger partial charge on any atom is 0.157 e. The Bertz CT molecular complexity index is 321. The summed E-state index contributed by atoms with van der Waals surface area (Å²) in [4.78, 5) is 0. The molecule has 14 heavy (non-hydrogen) atoms. The molecule has 0 atom stereocenters. The number of allylic oxidation sites excluding steroid dienone is 1. The van der Waals surface area contributed by atoms with Gasteiger partial charge in [0.2, 0.25) is 0 Å². The van der Waals surface area contributed by atoms with Crippen molar-refractivity contribution in [1.29, 1.82) is 0 Å². The minimum Gasteiger partial charge on any atom is -0.504 e. The van der Waals surface area contributed by atoms with Gasteiger partial charge in [0.1, 0.15) is 0 Å². The van der Waals surface area contributed by atoms with Gasteiger partial charge >= 0.3 is 0 Å². The number of phenolic OH excluding ortho intramolecular Hbond substituents is 2. The van der Waals surface area contributed by atoms with Gasteiger partial charge in [0.25, 0.3) is 0 Å². The zero-order valence-electron chi connectivity index (χ0n) is 8.20.